The number of hydrogen-bond acceptors (Lipinski definition) is 2. The Balaban J connectivity index is 2.56. The number of nitrogens with zero attached hydrogens (tertiary/aromatic N) is 3. The van der Waals surface area contributed by atoms with E-state index in [1.54, 1.807) is 36.4 Å². The van der Waals surface area contributed by atoms with Crippen LogP contribution in [0.1, 0.15) is 5.69 Å². The van der Waals surface area contributed by atoms with Gasteiger partial charge in [0.15, 0.2) is 5.69 Å². The summed E-state index contributed by atoms with van der Waals surface area (Å²) in [5.41, 5.74) is -0.559. The molecule has 0 N–H and O–H groups in total. The molecule has 0 fully saturated rings. The average Bonchev–Trinajstić information content (AvgIpc) is 2.75. The van der Waals surface area contributed by atoms with E-state index in [0.717, 1.165) is 4.68 Å². The Labute approximate surface area is 101 Å². The molecule has 0 saturated carbocycles. The molecule has 0 atom stereocenters. The Morgan fingerprint density at radius 3 is 2.44 bits per heavy atom. The molecule has 0 aliphatic heterocycles. The van der Waals surface area contributed by atoms with Crippen molar-refractivity contribution in [3.05, 3.63) is 42.2 Å². The SMILES string of the molecule is N#CCn1cc(-c2ccccc2)c(C(F)(F)F)n1. The highest BCUT2D eigenvalue weighted by Crippen LogP contribution is 2.35. The Hall–Kier alpha value is -2.29. The quantitative estimate of drug-likeness (QED) is 0.823. The number of aromatic nitrogens is 2. The van der Waals surface area contributed by atoms with Gasteiger partial charge >= 0.3 is 6.18 Å². The largest absolute Gasteiger partial charge is 0.435 e. The molecule has 1 heterocycles. The van der Waals surface area contributed by atoms with Gasteiger partial charge in [-0.3, -0.25) is 4.68 Å². The topological polar surface area (TPSA) is 41.6 Å². The summed E-state index contributed by atoms with van der Waals surface area (Å²) in [4.78, 5) is 0. The van der Waals surface area contributed by atoms with Crippen LogP contribution < -0.4 is 0 Å². The number of benzene rings is 1. The molecule has 0 aliphatic rings. The second-order valence-corrected chi connectivity index (χ2v) is 3.61. The van der Waals surface area contributed by atoms with E-state index < -0.39 is 11.9 Å². The maximum atomic E-state index is 12.8. The van der Waals surface area contributed by atoms with Crippen molar-refractivity contribution in [1.82, 2.24) is 9.78 Å². The first-order valence-corrected chi connectivity index (χ1v) is 5.09. The van der Waals surface area contributed by atoms with Crippen LogP contribution in [0.25, 0.3) is 11.1 Å². The fourth-order valence-corrected chi connectivity index (χ4v) is 1.61. The van der Waals surface area contributed by atoms with Crippen molar-refractivity contribution >= 4 is 0 Å². The standard InChI is InChI=1S/C12H8F3N3/c13-12(14,15)11-10(8-18(17-11)7-6-16)9-4-2-1-3-5-9/h1-5,8H,7H2. The lowest BCUT2D eigenvalue weighted by atomic mass is 10.1. The average molecular weight is 251 g/mol. The zero-order valence-corrected chi connectivity index (χ0v) is 9.15. The predicted octanol–water partition coefficient (Wildman–Crippen LogP) is 3.09. The van der Waals surface area contributed by atoms with Crippen LogP contribution in [0.4, 0.5) is 13.2 Å². The molecule has 92 valence electrons. The maximum absolute atomic E-state index is 12.8. The molecule has 2 rings (SSSR count). The molecule has 0 unspecified atom stereocenters. The van der Waals surface area contributed by atoms with Crippen LogP contribution in [-0.4, -0.2) is 9.78 Å². The molecule has 1 aromatic heterocycles. The molecule has 3 nitrogen and oxygen atoms in total. The van der Waals surface area contributed by atoms with Crippen LogP contribution >= 0.6 is 0 Å². The van der Waals surface area contributed by atoms with Crippen molar-refractivity contribution in [2.45, 2.75) is 12.7 Å². The van der Waals surface area contributed by atoms with Crippen molar-refractivity contribution < 1.29 is 13.2 Å². The molecule has 0 amide bonds. The van der Waals surface area contributed by atoms with Gasteiger partial charge in [0.05, 0.1) is 6.07 Å². The lowest BCUT2D eigenvalue weighted by Gasteiger charge is -2.05. The minimum absolute atomic E-state index is 0.0154. The highest BCUT2D eigenvalue weighted by Gasteiger charge is 2.37. The molecule has 0 radical (unpaired) electrons. The van der Waals surface area contributed by atoms with Gasteiger partial charge in [-0.05, 0) is 5.56 Å². The number of alkyl halides is 3. The zero-order chi connectivity index (χ0) is 13.2. The molecule has 0 spiro atoms. The summed E-state index contributed by atoms with van der Waals surface area (Å²) >= 11 is 0. The van der Waals surface area contributed by atoms with Crippen LogP contribution in [0.15, 0.2) is 36.5 Å². The summed E-state index contributed by atoms with van der Waals surface area (Å²) in [6.45, 7) is -0.212. The van der Waals surface area contributed by atoms with Gasteiger partial charge in [-0.2, -0.15) is 23.5 Å². The van der Waals surface area contributed by atoms with Crippen LogP contribution in [0.2, 0.25) is 0 Å². The van der Waals surface area contributed by atoms with Crippen LogP contribution in [0.5, 0.6) is 0 Å². The molecule has 18 heavy (non-hydrogen) atoms. The summed E-state index contributed by atoms with van der Waals surface area (Å²) in [6, 6.07) is 9.92. The van der Waals surface area contributed by atoms with E-state index in [9.17, 15) is 13.2 Å². The third-order valence-corrected chi connectivity index (χ3v) is 2.35. The predicted molar refractivity (Wildman–Crippen MR) is 58.3 cm³/mol. The minimum atomic E-state index is -4.54. The van der Waals surface area contributed by atoms with E-state index in [4.69, 9.17) is 5.26 Å². The van der Waals surface area contributed by atoms with Gasteiger partial charge in [-0.15, -0.1) is 0 Å². The van der Waals surface area contributed by atoms with Gasteiger partial charge in [0.1, 0.15) is 6.54 Å². The summed E-state index contributed by atoms with van der Waals surface area (Å²) in [7, 11) is 0. The Bertz CT molecular complexity index is 579. The second kappa shape index (κ2) is 4.53. The Morgan fingerprint density at radius 2 is 1.89 bits per heavy atom. The summed E-state index contributed by atoms with van der Waals surface area (Å²) in [5.74, 6) is 0. The van der Waals surface area contributed by atoms with E-state index in [0.29, 0.717) is 5.56 Å². The molecular formula is C12H8F3N3. The first kappa shape index (κ1) is 12.2. The first-order valence-electron chi connectivity index (χ1n) is 5.09. The highest BCUT2D eigenvalue weighted by atomic mass is 19.4. The first-order chi connectivity index (χ1) is 8.52. The third-order valence-electron chi connectivity index (χ3n) is 2.35. The summed E-state index contributed by atoms with van der Waals surface area (Å²) in [5, 5.41) is 11.9. The lowest BCUT2D eigenvalue weighted by molar-refractivity contribution is -0.141. The van der Waals surface area contributed by atoms with Crippen molar-refractivity contribution in [3.8, 4) is 17.2 Å². The van der Waals surface area contributed by atoms with Crippen molar-refractivity contribution in [2.75, 3.05) is 0 Å². The smallest absolute Gasteiger partial charge is 0.257 e. The van der Waals surface area contributed by atoms with Gasteiger partial charge in [0, 0.05) is 11.8 Å². The lowest BCUT2D eigenvalue weighted by Crippen LogP contribution is -2.08. The highest BCUT2D eigenvalue weighted by molar-refractivity contribution is 5.65. The van der Waals surface area contributed by atoms with E-state index in [2.05, 4.69) is 5.10 Å². The Morgan fingerprint density at radius 1 is 1.22 bits per heavy atom. The van der Waals surface area contributed by atoms with Crippen LogP contribution in [0, 0.1) is 11.3 Å². The van der Waals surface area contributed by atoms with E-state index in [-0.39, 0.29) is 12.1 Å². The fraction of sp³-hybridized carbons (Fsp3) is 0.167. The third kappa shape index (κ3) is 2.35. The molecule has 0 saturated heterocycles. The van der Waals surface area contributed by atoms with Crippen LogP contribution in [0.3, 0.4) is 0 Å². The van der Waals surface area contributed by atoms with Crippen LogP contribution in [-0.2, 0) is 12.7 Å². The van der Waals surface area contributed by atoms with Crippen molar-refractivity contribution in [3.63, 3.8) is 0 Å². The van der Waals surface area contributed by atoms with Gasteiger partial charge in [-0.1, -0.05) is 30.3 Å². The molecule has 0 aliphatic carbocycles. The van der Waals surface area contributed by atoms with E-state index >= 15 is 0 Å². The number of rotatable bonds is 2. The number of hydrogen-bond donors (Lipinski definition) is 0. The molecule has 1 aromatic carbocycles. The van der Waals surface area contributed by atoms with E-state index in [1.807, 2.05) is 0 Å². The molecule has 2 aromatic rings. The van der Waals surface area contributed by atoms with Gasteiger partial charge < -0.3 is 0 Å². The van der Waals surface area contributed by atoms with Gasteiger partial charge in [-0.25, -0.2) is 0 Å². The van der Waals surface area contributed by atoms with Crippen molar-refractivity contribution in [2.24, 2.45) is 0 Å². The minimum Gasteiger partial charge on any atom is -0.257 e. The monoisotopic (exact) mass is 251 g/mol. The fourth-order valence-electron chi connectivity index (χ4n) is 1.61. The van der Waals surface area contributed by atoms with E-state index in [1.165, 1.54) is 6.20 Å². The number of halogens is 3. The second-order valence-electron chi connectivity index (χ2n) is 3.61. The normalized spacial score (nSPS) is 11.2. The number of nitriles is 1. The summed E-state index contributed by atoms with van der Waals surface area (Å²) < 4.78 is 39.5. The molecule has 6 heteroatoms. The van der Waals surface area contributed by atoms with Gasteiger partial charge in [0.2, 0.25) is 0 Å². The zero-order valence-electron chi connectivity index (χ0n) is 9.15. The van der Waals surface area contributed by atoms with Crippen molar-refractivity contribution in [1.29, 1.82) is 5.26 Å². The Kier molecular flexibility index (Phi) is 3.06. The molecular weight excluding hydrogens is 243 g/mol. The maximum Gasteiger partial charge on any atom is 0.435 e. The molecule has 0 bridgehead atoms. The summed E-state index contributed by atoms with van der Waals surface area (Å²) in [6.07, 6.45) is -3.30. The van der Waals surface area contributed by atoms with Gasteiger partial charge in [0.25, 0.3) is 0 Å².